The molecule has 0 bridgehead atoms. The van der Waals surface area contributed by atoms with Crippen LogP contribution in [0, 0.1) is 17.4 Å². The molecule has 0 unspecified atom stereocenters. The molecule has 0 aliphatic rings. The number of pyridine rings is 1. The first-order valence-electron chi connectivity index (χ1n) is 6.46. The van der Waals surface area contributed by atoms with Gasteiger partial charge >= 0.3 is 0 Å². The van der Waals surface area contributed by atoms with Gasteiger partial charge in [0, 0.05) is 15.5 Å². The zero-order valence-corrected chi connectivity index (χ0v) is 15.6. The second kappa shape index (κ2) is 5.50. The highest BCUT2D eigenvalue weighted by molar-refractivity contribution is 14.1. The Bertz CT molecular complexity index is 979. The molecule has 0 spiro atoms. The molecular formula is C15H12ClIN2O2S. The summed E-state index contributed by atoms with van der Waals surface area (Å²) in [6.45, 7) is 3.70. The lowest BCUT2D eigenvalue weighted by molar-refractivity contribution is 0.588. The molecular weight excluding hydrogens is 435 g/mol. The van der Waals surface area contributed by atoms with Crippen LogP contribution < -0.4 is 0 Å². The number of hydrogen-bond donors (Lipinski definition) is 0. The average molecular weight is 447 g/mol. The topological polar surface area (TPSA) is 52.0 Å². The highest BCUT2D eigenvalue weighted by Crippen LogP contribution is 2.31. The van der Waals surface area contributed by atoms with Crippen molar-refractivity contribution in [2.45, 2.75) is 18.7 Å². The van der Waals surface area contributed by atoms with Crippen LogP contribution in [0.1, 0.15) is 11.3 Å². The number of nitrogens with zero attached hydrogens (tertiary/aromatic N) is 2. The van der Waals surface area contributed by atoms with E-state index in [0.29, 0.717) is 21.7 Å². The smallest absolute Gasteiger partial charge is 0.234 e. The average Bonchev–Trinajstić information content (AvgIpc) is 2.77. The highest BCUT2D eigenvalue weighted by Gasteiger charge is 2.23. The van der Waals surface area contributed by atoms with Gasteiger partial charge in [0.15, 0.2) is 5.65 Å². The Balaban J connectivity index is 2.32. The van der Waals surface area contributed by atoms with Crippen LogP contribution in [0.25, 0.3) is 11.0 Å². The fourth-order valence-electron chi connectivity index (χ4n) is 2.23. The molecule has 0 saturated carbocycles. The first-order chi connectivity index (χ1) is 10.3. The van der Waals surface area contributed by atoms with Gasteiger partial charge < -0.3 is 0 Å². The van der Waals surface area contributed by atoms with Crippen molar-refractivity contribution in [2.75, 3.05) is 0 Å². The number of aryl methyl sites for hydroxylation is 2. The Morgan fingerprint density at radius 1 is 1.18 bits per heavy atom. The van der Waals surface area contributed by atoms with Crippen LogP contribution in [0.5, 0.6) is 0 Å². The molecule has 3 aromatic rings. The monoisotopic (exact) mass is 446 g/mol. The molecule has 0 aliphatic heterocycles. The Labute approximate surface area is 147 Å². The van der Waals surface area contributed by atoms with Crippen LogP contribution in [-0.4, -0.2) is 17.4 Å². The molecule has 4 nitrogen and oxygen atoms in total. The molecule has 2 heterocycles. The fourth-order valence-corrected chi connectivity index (χ4v) is 5.05. The molecule has 0 aliphatic carbocycles. The summed E-state index contributed by atoms with van der Waals surface area (Å²) in [7, 11) is -3.70. The molecule has 0 radical (unpaired) electrons. The summed E-state index contributed by atoms with van der Waals surface area (Å²) in [5.41, 5.74) is 2.03. The number of benzene rings is 1. The van der Waals surface area contributed by atoms with E-state index in [-0.39, 0.29) is 4.90 Å². The van der Waals surface area contributed by atoms with Gasteiger partial charge in [-0.15, -0.1) is 0 Å². The highest BCUT2D eigenvalue weighted by atomic mass is 127. The van der Waals surface area contributed by atoms with Crippen LogP contribution in [0.4, 0.5) is 0 Å². The first kappa shape index (κ1) is 15.8. The minimum atomic E-state index is -3.70. The molecule has 0 N–H and O–H groups in total. The second-order valence-corrected chi connectivity index (χ2v) is 8.42. The summed E-state index contributed by atoms with van der Waals surface area (Å²) in [5.74, 6) is 0. The lowest BCUT2D eigenvalue weighted by Gasteiger charge is -2.08. The number of fused-ring (bicyclic) bond motifs is 1. The summed E-state index contributed by atoms with van der Waals surface area (Å²) >= 11 is 8.32. The van der Waals surface area contributed by atoms with Crippen molar-refractivity contribution in [1.82, 2.24) is 8.96 Å². The van der Waals surface area contributed by atoms with Gasteiger partial charge in [0.25, 0.3) is 10.0 Å². The van der Waals surface area contributed by atoms with E-state index in [9.17, 15) is 8.42 Å². The van der Waals surface area contributed by atoms with E-state index in [1.807, 2.05) is 6.92 Å². The van der Waals surface area contributed by atoms with Crippen LogP contribution >= 0.6 is 34.2 Å². The third-order valence-corrected chi connectivity index (χ3v) is 6.12. The first-order valence-corrected chi connectivity index (χ1v) is 9.36. The van der Waals surface area contributed by atoms with Gasteiger partial charge in [0.05, 0.1) is 15.3 Å². The molecule has 22 heavy (non-hydrogen) atoms. The summed E-state index contributed by atoms with van der Waals surface area (Å²) < 4.78 is 27.7. The van der Waals surface area contributed by atoms with E-state index in [0.717, 1.165) is 9.13 Å². The zero-order chi connectivity index (χ0) is 16.1. The van der Waals surface area contributed by atoms with Crippen LogP contribution in [-0.2, 0) is 10.0 Å². The summed E-state index contributed by atoms with van der Waals surface area (Å²) in [6.07, 6.45) is 1.55. The van der Waals surface area contributed by atoms with Crippen molar-refractivity contribution in [1.29, 1.82) is 0 Å². The van der Waals surface area contributed by atoms with Crippen molar-refractivity contribution in [3.8, 4) is 0 Å². The van der Waals surface area contributed by atoms with Gasteiger partial charge in [-0.05, 0) is 54.6 Å². The van der Waals surface area contributed by atoms with Crippen molar-refractivity contribution in [2.24, 2.45) is 0 Å². The van der Waals surface area contributed by atoms with Gasteiger partial charge in [-0.1, -0.05) is 29.3 Å². The molecule has 2 aromatic heterocycles. The largest absolute Gasteiger partial charge is 0.269 e. The maximum Gasteiger partial charge on any atom is 0.269 e. The van der Waals surface area contributed by atoms with Crippen LogP contribution in [0.3, 0.4) is 0 Å². The summed E-state index contributed by atoms with van der Waals surface area (Å²) in [5, 5.41) is 1.16. The molecule has 3 rings (SSSR count). The van der Waals surface area contributed by atoms with E-state index in [2.05, 4.69) is 27.6 Å². The molecule has 0 amide bonds. The molecule has 0 saturated heterocycles. The van der Waals surface area contributed by atoms with E-state index in [1.165, 1.54) is 3.97 Å². The quantitative estimate of drug-likeness (QED) is 0.556. The van der Waals surface area contributed by atoms with Crippen LogP contribution in [0.2, 0.25) is 5.02 Å². The maximum atomic E-state index is 12.9. The van der Waals surface area contributed by atoms with Crippen molar-refractivity contribution < 1.29 is 8.42 Å². The lowest BCUT2D eigenvalue weighted by atomic mass is 10.2. The Hall–Kier alpha value is -1.12. The number of rotatable bonds is 2. The van der Waals surface area contributed by atoms with Crippen molar-refractivity contribution in [3.05, 3.63) is 56.4 Å². The third kappa shape index (κ3) is 2.53. The number of hydrogen-bond acceptors (Lipinski definition) is 3. The standard InChI is InChI=1S/C15H12ClIN2O2S/c1-9-3-5-11(6-4-9)22(20,21)19-8-13(17)14-12(16)7-10(2)18-15(14)19/h3-8H,1-2H3. The predicted octanol–water partition coefficient (Wildman–Crippen LogP) is 4.15. The van der Waals surface area contributed by atoms with Gasteiger partial charge in [-0.25, -0.2) is 17.4 Å². The van der Waals surface area contributed by atoms with Gasteiger partial charge in [-0.3, -0.25) is 0 Å². The van der Waals surface area contributed by atoms with Gasteiger partial charge in [0.2, 0.25) is 0 Å². The normalized spacial score (nSPS) is 12.0. The SMILES string of the molecule is Cc1ccc(S(=O)(=O)n2cc(I)c3c(Cl)cc(C)nc32)cc1. The third-order valence-electron chi connectivity index (χ3n) is 3.34. The Morgan fingerprint density at radius 2 is 1.82 bits per heavy atom. The summed E-state index contributed by atoms with van der Waals surface area (Å²) in [4.78, 5) is 4.59. The summed E-state index contributed by atoms with van der Waals surface area (Å²) in [6, 6.07) is 8.47. The lowest BCUT2D eigenvalue weighted by Crippen LogP contribution is -2.12. The predicted molar refractivity (Wildman–Crippen MR) is 96.0 cm³/mol. The van der Waals surface area contributed by atoms with E-state index in [4.69, 9.17) is 11.6 Å². The second-order valence-electron chi connectivity index (χ2n) is 5.04. The zero-order valence-electron chi connectivity index (χ0n) is 11.8. The van der Waals surface area contributed by atoms with E-state index >= 15 is 0 Å². The molecule has 114 valence electrons. The van der Waals surface area contributed by atoms with Gasteiger partial charge in [-0.2, -0.15) is 0 Å². The van der Waals surface area contributed by atoms with Crippen LogP contribution in [0.15, 0.2) is 41.4 Å². The fraction of sp³-hybridized carbons (Fsp3) is 0.133. The maximum absolute atomic E-state index is 12.9. The Kier molecular flexibility index (Phi) is 3.94. The minimum absolute atomic E-state index is 0.228. The molecule has 0 fully saturated rings. The van der Waals surface area contributed by atoms with E-state index < -0.39 is 10.0 Å². The number of halogens is 2. The van der Waals surface area contributed by atoms with Crippen molar-refractivity contribution >= 4 is 55.2 Å². The Morgan fingerprint density at radius 3 is 2.45 bits per heavy atom. The van der Waals surface area contributed by atoms with E-state index in [1.54, 1.807) is 43.5 Å². The van der Waals surface area contributed by atoms with Gasteiger partial charge in [0.1, 0.15) is 0 Å². The van der Waals surface area contributed by atoms with Crippen molar-refractivity contribution in [3.63, 3.8) is 0 Å². The molecule has 1 aromatic carbocycles. The minimum Gasteiger partial charge on any atom is -0.234 e. The molecule has 0 atom stereocenters. The number of aromatic nitrogens is 2. The molecule has 7 heteroatoms.